The van der Waals surface area contributed by atoms with Crippen molar-refractivity contribution in [3.8, 4) is 16.9 Å². The van der Waals surface area contributed by atoms with Crippen molar-refractivity contribution >= 4 is 47.0 Å². The van der Waals surface area contributed by atoms with Gasteiger partial charge in [-0.1, -0.05) is 24.4 Å². The Hall–Kier alpha value is -5.24. The number of imidazole rings is 1. The van der Waals surface area contributed by atoms with Crippen LogP contribution in [-0.2, 0) is 9.53 Å². The van der Waals surface area contributed by atoms with E-state index in [0.717, 1.165) is 19.3 Å². The molecule has 1 aliphatic heterocycles. The highest BCUT2D eigenvalue weighted by Crippen LogP contribution is 2.34. The minimum absolute atomic E-state index is 0.120. The topological polar surface area (TPSA) is 189 Å². The molecule has 43 heavy (non-hydrogen) atoms. The lowest BCUT2D eigenvalue weighted by Crippen LogP contribution is -2.28. The number of benzene rings is 2. The molecule has 1 aliphatic rings. The number of tetrazole rings is 1. The van der Waals surface area contributed by atoms with Gasteiger partial charge < -0.3 is 25.5 Å². The third-order valence-corrected chi connectivity index (χ3v) is 7.01. The number of halogens is 1. The molecule has 1 atom stereocenters. The zero-order valence-electron chi connectivity index (χ0n) is 23.0. The number of aromatic nitrogens is 6. The molecule has 222 valence electrons. The number of carbonyl (C=O) groups excluding carboxylic acids is 2. The van der Waals surface area contributed by atoms with E-state index in [-0.39, 0.29) is 11.4 Å². The fraction of sp³-hybridized carbons (Fsp3) is 0.250. The quantitative estimate of drug-likeness (QED) is 0.196. The van der Waals surface area contributed by atoms with Gasteiger partial charge >= 0.3 is 12.1 Å². The van der Waals surface area contributed by atoms with Gasteiger partial charge in [-0.05, 0) is 65.7 Å². The van der Waals surface area contributed by atoms with Gasteiger partial charge in [0, 0.05) is 40.1 Å². The maximum atomic E-state index is 13.1. The summed E-state index contributed by atoms with van der Waals surface area (Å²) < 4.78 is 6.14. The van der Waals surface area contributed by atoms with Gasteiger partial charge in [-0.25, -0.2) is 14.6 Å². The smallest absolute Gasteiger partial charge is 0.411 e. The molecule has 0 radical (unpaired) electrons. The number of methoxy groups -OCH3 is 1. The molecule has 2 bridgehead atoms. The minimum atomic E-state index is -1.20. The number of fused-ring (bicyclic) bond motifs is 4. The first-order valence-corrected chi connectivity index (χ1v) is 13.8. The number of nitrogens with one attached hydrogen (secondary N) is 4. The van der Waals surface area contributed by atoms with Crippen LogP contribution in [0.1, 0.15) is 53.6 Å². The lowest BCUT2D eigenvalue weighted by Gasteiger charge is -2.17. The van der Waals surface area contributed by atoms with Crippen LogP contribution in [0.4, 0.5) is 16.2 Å². The Morgan fingerprint density at radius 2 is 2.02 bits per heavy atom. The van der Waals surface area contributed by atoms with Gasteiger partial charge in [0.15, 0.2) is 5.69 Å². The van der Waals surface area contributed by atoms with Crippen LogP contribution in [0.3, 0.4) is 0 Å². The number of ether oxygens (including phenoxy) is 1. The maximum Gasteiger partial charge on any atom is 0.411 e. The fourth-order valence-corrected chi connectivity index (χ4v) is 4.91. The van der Waals surface area contributed by atoms with Crippen LogP contribution in [0.15, 0.2) is 48.8 Å². The second-order valence-corrected chi connectivity index (χ2v) is 10.1. The first-order valence-electron chi connectivity index (χ1n) is 13.4. The summed E-state index contributed by atoms with van der Waals surface area (Å²) in [5.74, 6) is -1.29. The normalized spacial score (nSPS) is 15.0. The lowest BCUT2D eigenvalue weighted by atomic mass is 10.0. The molecule has 15 heteroatoms. The first kappa shape index (κ1) is 29.3. The molecule has 3 heterocycles. The standard InChI is InChI=1S/C28H28ClN9O5/c1-43-28(42)32-18-8-9-19-21(14-18)30-12-4-2-3-5-20(26-34-24(19)25(35-26)27(40)41)33-23(39)11-6-16-13-17(29)7-10-22(16)38-15-31-36-37-38/h6-11,13-15,20,30H,2-5,12H2,1H3,(H,32,42)(H,33,39)(H,34,35)(H,40,41)/b11-6+/t20-/m0/s1. The molecule has 2 aromatic carbocycles. The number of H-pyrrole nitrogens is 1. The minimum Gasteiger partial charge on any atom is -0.477 e. The number of hydrogen-bond donors (Lipinski definition) is 5. The predicted octanol–water partition coefficient (Wildman–Crippen LogP) is 4.44. The van der Waals surface area contributed by atoms with Gasteiger partial charge in [-0.15, -0.1) is 5.10 Å². The number of anilines is 2. The lowest BCUT2D eigenvalue weighted by molar-refractivity contribution is -0.117. The number of amides is 2. The van der Waals surface area contributed by atoms with Crippen LogP contribution in [0, 0.1) is 0 Å². The van der Waals surface area contributed by atoms with E-state index in [1.54, 1.807) is 42.5 Å². The fourth-order valence-electron chi connectivity index (χ4n) is 4.72. The van der Waals surface area contributed by atoms with Crippen LogP contribution in [-0.4, -0.2) is 66.9 Å². The zero-order chi connectivity index (χ0) is 30.3. The highest BCUT2D eigenvalue weighted by molar-refractivity contribution is 6.30. The maximum absolute atomic E-state index is 13.1. The van der Waals surface area contributed by atoms with Gasteiger partial charge in [0.1, 0.15) is 17.8 Å². The Kier molecular flexibility index (Phi) is 8.96. The molecular weight excluding hydrogens is 578 g/mol. The van der Waals surface area contributed by atoms with E-state index in [1.807, 2.05) is 0 Å². The zero-order valence-corrected chi connectivity index (χ0v) is 23.8. The molecule has 2 amide bonds. The Labute approximate surface area is 250 Å². The van der Waals surface area contributed by atoms with Crippen molar-refractivity contribution in [2.24, 2.45) is 0 Å². The SMILES string of the molecule is COC(=O)Nc1ccc2c(c1)NCCCCC[C@H](NC(=O)/C=C/c1cc(Cl)ccc1-n1cnnn1)c1nc-2c(C(=O)O)[nH]1. The van der Waals surface area contributed by atoms with Crippen LogP contribution in [0.5, 0.6) is 0 Å². The average Bonchev–Trinajstić information content (AvgIpc) is 3.68. The summed E-state index contributed by atoms with van der Waals surface area (Å²) in [6.45, 7) is 0.609. The number of rotatable bonds is 6. The van der Waals surface area contributed by atoms with E-state index in [2.05, 4.69) is 46.2 Å². The molecule has 0 saturated heterocycles. The molecule has 0 fully saturated rings. The second-order valence-electron chi connectivity index (χ2n) is 9.66. The molecule has 0 spiro atoms. The summed E-state index contributed by atoms with van der Waals surface area (Å²) in [5.41, 5.74) is 2.92. The number of carboxylic acids is 1. The molecule has 0 saturated carbocycles. The third kappa shape index (κ3) is 6.98. The van der Waals surface area contributed by atoms with E-state index in [1.165, 1.54) is 24.2 Å². The monoisotopic (exact) mass is 605 g/mol. The van der Waals surface area contributed by atoms with Gasteiger partial charge in [-0.2, -0.15) is 4.68 Å². The second kappa shape index (κ2) is 13.2. The van der Waals surface area contributed by atoms with Crippen molar-refractivity contribution in [1.82, 2.24) is 35.5 Å². The van der Waals surface area contributed by atoms with E-state index in [9.17, 15) is 19.5 Å². The summed E-state index contributed by atoms with van der Waals surface area (Å²) in [6.07, 6.45) is 6.74. The molecule has 2 aromatic heterocycles. The highest BCUT2D eigenvalue weighted by atomic mass is 35.5. The summed E-state index contributed by atoms with van der Waals surface area (Å²) in [4.78, 5) is 44.7. The Bertz CT molecular complexity index is 1670. The van der Waals surface area contributed by atoms with Crippen molar-refractivity contribution in [3.63, 3.8) is 0 Å². The van der Waals surface area contributed by atoms with E-state index < -0.39 is 24.0 Å². The molecule has 5 N–H and O–H groups in total. The van der Waals surface area contributed by atoms with Crippen LogP contribution < -0.4 is 16.0 Å². The number of carboxylic acid groups (broad SMARTS) is 1. The van der Waals surface area contributed by atoms with Crippen molar-refractivity contribution < 1.29 is 24.2 Å². The Morgan fingerprint density at radius 1 is 1.16 bits per heavy atom. The van der Waals surface area contributed by atoms with Crippen molar-refractivity contribution in [2.45, 2.75) is 31.7 Å². The number of hydrogen-bond acceptors (Lipinski definition) is 9. The van der Waals surface area contributed by atoms with Gasteiger partial charge in [-0.3, -0.25) is 10.1 Å². The van der Waals surface area contributed by atoms with Crippen molar-refractivity contribution in [1.29, 1.82) is 0 Å². The molecule has 0 aliphatic carbocycles. The molecule has 5 rings (SSSR count). The van der Waals surface area contributed by atoms with Gasteiger partial charge in [0.2, 0.25) is 5.91 Å². The number of carbonyl (C=O) groups is 3. The third-order valence-electron chi connectivity index (χ3n) is 6.77. The summed E-state index contributed by atoms with van der Waals surface area (Å²) in [7, 11) is 1.27. The number of aromatic carboxylic acids is 1. The van der Waals surface area contributed by atoms with Gasteiger partial charge in [0.25, 0.3) is 0 Å². The van der Waals surface area contributed by atoms with E-state index in [0.29, 0.717) is 52.0 Å². The summed E-state index contributed by atoms with van der Waals surface area (Å²) in [5, 5.41) is 30.6. The predicted molar refractivity (Wildman–Crippen MR) is 158 cm³/mol. The van der Waals surface area contributed by atoms with Crippen LogP contribution in [0.25, 0.3) is 23.0 Å². The Balaban J connectivity index is 1.45. The molecule has 14 nitrogen and oxygen atoms in total. The Morgan fingerprint density at radius 3 is 2.79 bits per heavy atom. The molecule has 4 aromatic rings. The first-order chi connectivity index (χ1) is 20.8. The summed E-state index contributed by atoms with van der Waals surface area (Å²) in [6, 6.07) is 9.54. The van der Waals surface area contributed by atoms with Crippen LogP contribution in [0.2, 0.25) is 5.02 Å². The van der Waals surface area contributed by atoms with Crippen molar-refractivity contribution in [3.05, 3.63) is 70.9 Å². The van der Waals surface area contributed by atoms with E-state index >= 15 is 0 Å². The largest absolute Gasteiger partial charge is 0.477 e. The highest BCUT2D eigenvalue weighted by Gasteiger charge is 2.26. The average molecular weight is 606 g/mol. The van der Waals surface area contributed by atoms with Crippen molar-refractivity contribution in [2.75, 3.05) is 24.3 Å². The van der Waals surface area contributed by atoms with Gasteiger partial charge in [0.05, 0.1) is 18.8 Å². The number of nitrogens with zero attached hydrogens (tertiary/aromatic N) is 5. The molecular formula is C28H28ClN9O5. The number of aromatic amines is 1. The summed E-state index contributed by atoms with van der Waals surface area (Å²) >= 11 is 6.19. The van der Waals surface area contributed by atoms with Crippen LogP contribution >= 0.6 is 11.6 Å². The molecule has 0 unspecified atom stereocenters. The van der Waals surface area contributed by atoms with E-state index in [4.69, 9.17) is 11.6 Å².